The predicted octanol–water partition coefficient (Wildman–Crippen LogP) is 3.51. The van der Waals surface area contributed by atoms with Crippen LogP contribution in [-0.4, -0.2) is 54.7 Å². The lowest BCUT2D eigenvalue weighted by Crippen LogP contribution is -2.52. The van der Waals surface area contributed by atoms with Gasteiger partial charge in [-0.2, -0.15) is 5.10 Å². The molecule has 6 nitrogen and oxygen atoms in total. The molecular weight excluding hydrogens is 400 g/mol. The molecule has 1 unspecified atom stereocenters. The number of carbonyl (C=O) groups excluding carboxylic acids is 1. The van der Waals surface area contributed by atoms with E-state index in [4.69, 9.17) is 9.84 Å². The molecule has 2 heterocycles. The summed E-state index contributed by atoms with van der Waals surface area (Å²) in [5.41, 5.74) is 8.41. The van der Waals surface area contributed by atoms with Crippen molar-refractivity contribution in [3.63, 3.8) is 0 Å². The lowest BCUT2D eigenvalue weighted by atomic mass is 9.94. The van der Waals surface area contributed by atoms with Crippen molar-refractivity contribution in [2.24, 2.45) is 5.10 Å². The highest BCUT2D eigenvalue weighted by molar-refractivity contribution is 6.14. The molecule has 3 aromatic rings. The van der Waals surface area contributed by atoms with Gasteiger partial charge in [0.2, 0.25) is 0 Å². The van der Waals surface area contributed by atoms with E-state index in [1.165, 1.54) is 5.56 Å². The summed E-state index contributed by atoms with van der Waals surface area (Å²) in [5.74, 6) is 0.633. The molecule has 3 aromatic carbocycles. The van der Waals surface area contributed by atoms with Gasteiger partial charge >= 0.3 is 0 Å². The highest BCUT2D eigenvalue weighted by Crippen LogP contribution is 2.29. The minimum Gasteiger partial charge on any atom is -0.496 e. The lowest BCUT2D eigenvalue weighted by Gasteiger charge is -2.41. The SMILES string of the molecule is COc1ccccc1C(=O)N1CCN(C2NN=C(c3ccccc3)c3ccccc32)CC1. The Labute approximate surface area is 188 Å². The monoisotopic (exact) mass is 426 g/mol. The van der Waals surface area contributed by atoms with Crippen LogP contribution in [0.1, 0.15) is 33.2 Å². The first-order valence-corrected chi connectivity index (χ1v) is 10.9. The van der Waals surface area contributed by atoms with E-state index in [0.29, 0.717) is 24.4 Å². The van der Waals surface area contributed by atoms with Crippen LogP contribution < -0.4 is 10.2 Å². The molecule has 1 atom stereocenters. The van der Waals surface area contributed by atoms with Crippen LogP contribution in [0, 0.1) is 0 Å². The minimum atomic E-state index is -0.0119. The maximum Gasteiger partial charge on any atom is 0.257 e. The van der Waals surface area contributed by atoms with Crippen LogP contribution >= 0.6 is 0 Å². The number of methoxy groups -OCH3 is 1. The number of piperazine rings is 1. The van der Waals surface area contributed by atoms with Gasteiger partial charge in [-0.1, -0.05) is 66.7 Å². The van der Waals surface area contributed by atoms with Gasteiger partial charge in [0.25, 0.3) is 5.91 Å². The Morgan fingerprint density at radius 1 is 0.906 bits per heavy atom. The summed E-state index contributed by atoms with van der Waals surface area (Å²) in [4.78, 5) is 17.3. The van der Waals surface area contributed by atoms with Crippen molar-refractivity contribution in [1.29, 1.82) is 0 Å². The zero-order valence-corrected chi connectivity index (χ0v) is 18.1. The van der Waals surface area contributed by atoms with Crippen molar-refractivity contribution in [3.8, 4) is 5.75 Å². The molecule has 6 heteroatoms. The molecule has 0 radical (unpaired) electrons. The molecule has 0 bridgehead atoms. The lowest BCUT2D eigenvalue weighted by molar-refractivity contribution is 0.0522. The van der Waals surface area contributed by atoms with Crippen LogP contribution in [0.15, 0.2) is 84.0 Å². The number of ether oxygens (including phenoxy) is 1. The second kappa shape index (κ2) is 8.85. The van der Waals surface area contributed by atoms with E-state index in [1.54, 1.807) is 7.11 Å². The predicted molar refractivity (Wildman–Crippen MR) is 125 cm³/mol. The molecule has 0 saturated carbocycles. The second-order valence-corrected chi connectivity index (χ2v) is 7.97. The van der Waals surface area contributed by atoms with Gasteiger partial charge in [0, 0.05) is 37.3 Å². The number of hydrogen-bond donors (Lipinski definition) is 1. The molecule has 0 spiro atoms. The van der Waals surface area contributed by atoms with Gasteiger partial charge in [0.15, 0.2) is 0 Å². The van der Waals surface area contributed by atoms with E-state index in [2.05, 4.69) is 46.7 Å². The van der Waals surface area contributed by atoms with E-state index in [9.17, 15) is 4.79 Å². The number of rotatable bonds is 4. The third-order valence-corrected chi connectivity index (χ3v) is 6.16. The topological polar surface area (TPSA) is 57.2 Å². The van der Waals surface area contributed by atoms with Crippen LogP contribution in [0.4, 0.5) is 0 Å². The van der Waals surface area contributed by atoms with Gasteiger partial charge in [0.1, 0.15) is 11.9 Å². The molecule has 1 fully saturated rings. The van der Waals surface area contributed by atoms with Crippen molar-refractivity contribution < 1.29 is 9.53 Å². The molecule has 0 aliphatic carbocycles. The molecule has 0 aromatic heterocycles. The van der Waals surface area contributed by atoms with E-state index in [1.807, 2.05) is 47.4 Å². The Kier molecular flexibility index (Phi) is 5.60. The molecule has 1 N–H and O–H groups in total. The Hall–Kier alpha value is -3.64. The normalized spacial score (nSPS) is 18.3. The van der Waals surface area contributed by atoms with Gasteiger partial charge in [-0.25, -0.2) is 0 Å². The van der Waals surface area contributed by atoms with Crippen LogP contribution in [0.3, 0.4) is 0 Å². The Bertz CT molecular complexity index is 1140. The van der Waals surface area contributed by atoms with E-state index in [0.717, 1.165) is 29.9 Å². The van der Waals surface area contributed by atoms with Gasteiger partial charge in [0.05, 0.1) is 18.4 Å². The van der Waals surface area contributed by atoms with Gasteiger partial charge in [-0.05, 0) is 17.7 Å². The number of carbonyl (C=O) groups is 1. The summed E-state index contributed by atoms with van der Waals surface area (Å²) in [6.45, 7) is 2.85. The maximum absolute atomic E-state index is 13.1. The average molecular weight is 427 g/mol. The third-order valence-electron chi connectivity index (χ3n) is 6.16. The fraction of sp³-hybridized carbons (Fsp3) is 0.231. The van der Waals surface area contributed by atoms with E-state index in [-0.39, 0.29) is 12.1 Å². The quantitative estimate of drug-likeness (QED) is 0.694. The number of hydrogen-bond acceptors (Lipinski definition) is 5. The van der Waals surface area contributed by atoms with Crippen molar-refractivity contribution in [2.75, 3.05) is 33.3 Å². The summed E-state index contributed by atoms with van der Waals surface area (Å²) in [6.07, 6.45) is -0.0119. The number of nitrogens with one attached hydrogen (secondary N) is 1. The average Bonchev–Trinajstić information content (AvgIpc) is 2.88. The first kappa shape index (κ1) is 20.3. The van der Waals surface area contributed by atoms with Crippen molar-refractivity contribution >= 4 is 11.6 Å². The smallest absolute Gasteiger partial charge is 0.257 e. The molecule has 162 valence electrons. The Morgan fingerprint density at radius 3 is 2.38 bits per heavy atom. The molecule has 1 amide bonds. The van der Waals surface area contributed by atoms with Crippen LogP contribution in [0.2, 0.25) is 0 Å². The minimum absolute atomic E-state index is 0.0119. The van der Waals surface area contributed by atoms with Crippen molar-refractivity contribution in [3.05, 3.63) is 101 Å². The molecular formula is C26H26N4O2. The number of para-hydroxylation sites is 1. The molecule has 2 aliphatic heterocycles. The summed E-state index contributed by atoms with van der Waals surface area (Å²) in [6, 6.07) is 26.1. The summed E-state index contributed by atoms with van der Waals surface area (Å²) in [7, 11) is 1.60. The number of fused-ring (bicyclic) bond motifs is 1. The Balaban J connectivity index is 1.32. The van der Waals surface area contributed by atoms with Gasteiger partial charge < -0.3 is 9.64 Å². The summed E-state index contributed by atoms with van der Waals surface area (Å²) < 4.78 is 5.38. The zero-order chi connectivity index (χ0) is 21.9. The van der Waals surface area contributed by atoms with E-state index < -0.39 is 0 Å². The Morgan fingerprint density at radius 2 is 1.59 bits per heavy atom. The third kappa shape index (κ3) is 3.74. The van der Waals surface area contributed by atoms with Gasteiger partial charge in [-0.3, -0.25) is 15.1 Å². The molecule has 1 saturated heterocycles. The zero-order valence-electron chi connectivity index (χ0n) is 18.1. The summed E-state index contributed by atoms with van der Waals surface area (Å²) in [5, 5.41) is 4.75. The fourth-order valence-electron chi connectivity index (χ4n) is 4.48. The largest absolute Gasteiger partial charge is 0.496 e. The summed E-state index contributed by atoms with van der Waals surface area (Å²) >= 11 is 0. The first-order valence-electron chi connectivity index (χ1n) is 10.9. The van der Waals surface area contributed by atoms with E-state index >= 15 is 0 Å². The highest BCUT2D eigenvalue weighted by atomic mass is 16.5. The van der Waals surface area contributed by atoms with Crippen molar-refractivity contribution in [1.82, 2.24) is 15.2 Å². The first-order chi connectivity index (χ1) is 15.8. The van der Waals surface area contributed by atoms with Crippen LogP contribution in [0.5, 0.6) is 5.75 Å². The van der Waals surface area contributed by atoms with Gasteiger partial charge in [-0.15, -0.1) is 0 Å². The standard InChI is InChI=1S/C26H26N4O2/c1-32-23-14-8-7-13-22(23)26(31)30-17-15-29(16-18-30)25-21-12-6-5-11-20(21)24(27-28-25)19-9-3-2-4-10-19/h2-14,25,28H,15-18H2,1H3. The number of amides is 1. The van der Waals surface area contributed by atoms with Crippen LogP contribution in [-0.2, 0) is 0 Å². The van der Waals surface area contributed by atoms with Crippen LogP contribution in [0.25, 0.3) is 0 Å². The molecule has 2 aliphatic rings. The number of nitrogens with zero attached hydrogens (tertiary/aromatic N) is 3. The molecule has 5 rings (SSSR count). The maximum atomic E-state index is 13.1. The fourth-order valence-corrected chi connectivity index (χ4v) is 4.48. The van der Waals surface area contributed by atoms with Crippen molar-refractivity contribution in [2.45, 2.75) is 6.17 Å². The highest BCUT2D eigenvalue weighted by Gasteiger charge is 2.32. The number of hydrazone groups is 1. The second-order valence-electron chi connectivity index (χ2n) is 7.97. The molecule has 32 heavy (non-hydrogen) atoms. The number of benzene rings is 3.